The molecule has 2 aliphatic heterocycles. The Kier molecular flexibility index (Phi) is 4.80. The number of hydrogen-bond donors (Lipinski definition) is 2. The van der Waals surface area contributed by atoms with Gasteiger partial charge in [-0.2, -0.15) is 4.98 Å². The molecule has 0 aliphatic carbocycles. The van der Waals surface area contributed by atoms with Gasteiger partial charge in [-0.3, -0.25) is 4.90 Å². The molecule has 3 heterocycles. The van der Waals surface area contributed by atoms with Crippen LogP contribution in [0.4, 0.5) is 11.8 Å². The Balaban J connectivity index is 1.69. The minimum absolute atomic E-state index is 0.455. The Bertz CT molecular complexity index is 481. The van der Waals surface area contributed by atoms with Gasteiger partial charge in [-0.15, -0.1) is 0 Å². The van der Waals surface area contributed by atoms with Crippen molar-refractivity contribution in [3.8, 4) is 0 Å². The molecular weight excluding hydrogens is 286 g/mol. The van der Waals surface area contributed by atoms with Crippen LogP contribution in [0.3, 0.4) is 0 Å². The Morgan fingerprint density at radius 3 is 3.10 bits per heavy atom. The average Bonchev–Trinajstić information content (AvgIpc) is 2.91. The van der Waals surface area contributed by atoms with Gasteiger partial charge in [0.15, 0.2) is 5.82 Å². The first kappa shape index (κ1) is 14.9. The molecule has 2 atom stereocenters. The molecule has 2 aliphatic rings. The molecule has 0 amide bonds. The van der Waals surface area contributed by atoms with Crippen molar-refractivity contribution in [1.29, 1.82) is 0 Å². The van der Waals surface area contributed by atoms with Crippen molar-refractivity contribution < 1.29 is 0 Å². The van der Waals surface area contributed by atoms with Gasteiger partial charge in [-0.25, -0.2) is 4.98 Å². The normalized spacial score (nSPS) is 25.6. The molecular formula is C15H24ClN5. The second-order valence-electron chi connectivity index (χ2n) is 5.96. The second kappa shape index (κ2) is 6.79. The minimum Gasteiger partial charge on any atom is -0.364 e. The van der Waals surface area contributed by atoms with Gasteiger partial charge in [0.05, 0.1) is 6.20 Å². The molecule has 21 heavy (non-hydrogen) atoms. The summed E-state index contributed by atoms with van der Waals surface area (Å²) in [6.07, 6.45) is 7.85. The largest absolute Gasteiger partial charge is 0.364 e. The molecule has 2 N–H and O–H groups in total. The van der Waals surface area contributed by atoms with E-state index in [0.717, 1.165) is 18.8 Å². The lowest BCUT2D eigenvalue weighted by Gasteiger charge is -2.32. The summed E-state index contributed by atoms with van der Waals surface area (Å²) >= 11 is 6.25. The molecule has 1 aromatic rings. The van der Waals surface area contributed by atoms with Gasteiger partial charge in [0.2, 0.25) is 5.95 Å². The summed E-state index contributed by atoms with van der Waals surface area (Å²) in [6.45, 7) is 5.43. The van der Waals surface area contributed by atoms with Crippen LogP contribution in [0.5, 0.6) is 0 Å². The molecule has 3 rings (SSSR count). The summed E-state index contributed by atoms with van der Waals surface area (Å²) in [7, 11) is 0. The zero-order valence-electron chi connectivity index (χ0n) is 12.6. The zero-order valence-corrected chi connectivity index (χ0v) is 13.4. The molecule has 1 aromatic heterocycles. The summed E-state index contributed by atoms with van der Waals surface area (Å²) in [5.74, 6) is 1.42. The quantitative estimate of drug-likeness (QED) is 0.876. The van der Waals surface area contributed by atoms with Gasteiger partial charge >= 0.3 is 0 Å². The zero-order chi connectivity index (χ0) is 14.7. The third-order valence-corrected chi connectivity index (χ3v) is 4.73. The maximum atomic E-state index is 6.25. The first-order chi connectivity index (χ1) is 10.3. The first-order valence-electron chi connectivity index (χ1n) is 8.05. The van der Waals surface area contributed by atoms with Gasteiger partial charge in [0.1, 0.15) is 5.02 Å². The summed E-state index contributed by atoms with van der Waals surface area (Å²) < 4.78 is 0. The van der Waals surface area contributed by atoms with Crippen LogP contribution in [-0.4, -0.2) is 46.6 Å². The Hall–Kier alpha value is -1.07. The highest BCUT2D eigenvalue weighted by Gasteiger charge is 2.35. The Morgan fingerprint density at radius 1 is 1.33 bits per heavy atom. The van der Waals surface area contributed by atoms with Crippen molar-refractivity contribution in [2.24, 2.45) is 0 Å². The van der Waals surface area contributed by atoms with Gasteiger partial charge in [-0.05, 0) is 32.2 Å². The number of piperidine rings is 1. The molecule has 0 saturated carbocycles. The number of nitrogens with one attached hydrogen (secondary N) is 2. The van der Waals surface area contributed by atoms with Crippen LogP contribution in [0.2, 0.25) is 5.02 Å². The predicted octanol–water partition coefficient (Wildman–Crippen LogP) is 2.99. The highest BCUT2D eigenvalue weighted by atomic mass is 35.5. The van der Waals surface area contributed by atoms with E-state index in [1.807, 2.05) is 0 Å². The van der Waals surface area contributed by atoms with Gasteiger partial charge < -0.3 is 10.6 Å². The van der Waals surface area contributed by atoms with Crippen molar-refractivity contribution in [1.82, 2.24) is 14.9 Å². The molecule has 6 heteroatoms. The minimum atomic E-state index is 0.455. The lowest BCUT2D eigenvalue weighted by molar-refractivity contribution is 0.192. The van der Waals surface area contributed by atoms with Crippen LogP contribution in [0.15, 0.2) is 6.20 Å². The maximum absolute atomic E-state index is 6.25. The molecule has 2 saturated heterocycles. The molecule has 0 spiro atoms. The topological polar surface area (TPSA) is 53.1 Å². The third kappa shape index (κ3) is 3.40. The third-order valence-electron chi connectivity index (χ3n) is 4.46. The van der Waals surface area contributed by atoms with E-state index < -0.39 is 0 Å². The monoisotopic (exact) mass is 309 g/mol. The van der Waals surface area contributed by atoms with Crippen molar-refractivity contribution >= 4 is 23.4 Å². The molecule has 0 aromatic carbocycles. The highest BCUT2D eigenvalue weighted by molar-refractivity contribution is 6.32. The van der Waals surface area contributed by atoms with E-state index in [-0.39, 0.29) is 0 Å². The predicted molar refractivity (Wildman–Crippen MR) is 87.1 cm³/mol. The fraction of sp³-hybridized carbons (Fsp3) is 0.733. The van der Waals surface area contributed by atoms with Gasteiger partial charge in [-0.1, -0.05) is 24.9 Å². The van der Waals surface area contributed by atoms with E-state index in [1.54, 1.807) is 6.20 Å². The van der Waals surface area contributed by atoms with Crippen LogP contribution in [0, 0.1) is 0 Å². The van der Waals surface area contributed by atoms with Crippen LogP contribution >= 0.6 is 11.6 Å². The number of halogens is 1. The van der Waals surface area contributed by atoms with Crippen LogP contribution in [-0.2, 0) is 0 Å². The number of hydrogen-bond acceptors (Lipinski definition) is 5. The smallest absolute Gasteiger partial charge is 0.224 e. The number of rotatable bonds is 5. The lowest BCUT2D eigenvalue weighted by atomic mass is 9.99. The summed E-state index contributed by atoms with van der Waals surface area (Å²) in [5, 5.41) is 7.38. The maximum Gasteiger partial charge on any atom is 0.224 e. The van der Waals surface area contributed by atoms with Crippen LogP contribution in [0.25, 0.3) is 0 Å². The van der Waals surface area contributed by atoms with Crippen molar-refractivity contribution in [3.63, 3.8) is 0 Å². The van der Waals surface area contributed by atoms with Crippen LogP contribution in [0.1, 0.15) is 39.0 Å². The number of aromatic nitrogens is 2. The fourth-order valence-electron chi connectivity index (χ4n) is 3.38. The van der Waals surface area contributed by atoms with Crippen molar-refractivity contribution in [2.75, 3.05) is 30.3 Å². The SMILES string of the molecule is CCCNc1ncc(Cl)c(NC2CCN3CCCCC23)n1. The molecule has 5 nitrogen and oxygen atoms in total. The molecule has 0 bridgehead atoms. The van der Waals surface area contributed by atoms with E-state index in [9.17, 15) is 0 Å². The Labute approximate surface area is 131 Å². The van der Waals surface area contributed by atoms with Crippen molar-refractivity contribution in [3.05, 3.63) is 11.2 Å². The van der Waals surface area contributed by atoms with E-state index in [4.69, 9.17) is 11.6 Å². The molecule has 116 valence electrons. The first-order valence-corrected chi connectivity index (χ1v) is 8.42. The van der Waals surface area contributed by atoms with Gasteiger partial charge in [0.25, 0.3) is 0 Å². The van der Waals surface area contributed by atoms with E-state index in [2.05, 4.69) is 32.4 Å². The fourth-order valence-corrected chi connectivity index (χ4v) is 3.53. The van der Waals surface area contributed by atoms with Crippen LogP contribution < -0.4 is 10.6 Å². The number of fused-ring (bicyclic) bond motifs is 1. The van der Waals surface area contributed by atoms with Crippen molar-refractivity contribution in [2.45, 2.75) is 51.1 Å². The van der Waals surface area contributed by atoms with Gasteiger partial charge in [0, 0.05) is 25.2 Å². The summed E-state index contributed by atoms with van der Waals surface area (Å²) in [6, 6.07) is 1.09. The second-order valence-corrected chi connectivity index (χ2v) is 6.36. The summed E-state index contributed by atoms with van der Waals surface area (Å²) in [4.78, 5) is 11.4. The molecule has 2 fully saturated rings. The Morgan fingerprint density at radius 2 is 2.24 bits per heavy atom. The molecule has 2 unspecified atom stereocenters. The standard InChI is InChI=1S/C15H24ClN5/c1-2-7-17-15-18-10-11(16)14(20-15)19-12-6-9-21-8-4-3-5-13(12)21/h10,12-13H,2-9H2,1H3,(H2,17,18,19,20). The number of nitrogens with zero attached hydrogens (tertiary/aromatic N) is 3. The van der Waals surface area contributed by atoms with E-state index >= 15 is 0 Å². The van der Waals surface area contributed by atoms with E-state index in [0.29, 0.717) is 23.1 Å². The highest BCUT2D eigenvalue weighted by Crippen LogP contribution is 2.30. The average molecular weight is 310 g/mol. The molecule has 0 radical (unpaired) electrons. The lowest BCUT2D eigenvalue weighted by Crippen LogP contribution is -2.41. The summed E-state index contributed by atoms with van der Waals surface area (Å²) in [5.41, 5.74) is 0. The number of anilines is 2. The van der Waals surface area contributed by atoms with E-state index in [1.165, 1.54) is 38.8 Å².